The molecule has 0 spiro atoms. The number of nitrogens with zero attached hydrogens (tertiary/aromatic N) is 2. The van der Waals surface area contributed by atoms with Gasteiger partial charge in [0.15, 0.2) is 0 Å². The van der Waals surface area contributed by atoms with Crippen LogP contribution in [0.15, 0.2) is 28.9 Å². The minimum absolute atomic E-state index is 0.0696. The van der Waals surface area contributed by atoms with Crippen LogP contribution in [-0.2, 0) is 13.6 Å². The molecular weight excluding hydrogens is 312 g/mol. The summed E-state index contributed by atoms with van der Waals surface area (Å²) in [7, 11) is 1.72. The summed E-state index contributed by atoms with van der Waals surface area (Å²) in [6, 6.07) is 4.67. The molecule has 1 aromatic heterocycles. The highest BCUT2D eigenvalue weighted by Crippen LogP contribution is 2.21. The Morgan fingerprint density at radius 2 is 2.32 bits per heavy atom. The lowest BCUT2D eigenvalue weighted by Crippen LogP contribution is -2.23. The third kappa shape index (κ3) is 2.87. The lowest BCUT2D eigenvalue weighted by Gasteiger charge is -2.07. The van der Waals surface area contributed by atoms with E-state index in [1.807, 2.05) is 0 Å². The van der Waals surface area contributed by atoms with E-state index in [4.69, 9.17) is 5.73 Å². The van der Waals surface area contributed by atoms with E-state index in [0.717, 1.165) is 10.0 Å². The number of aromatic hydroxyl groups is 1. The van der Waals surface area contributed by atoms with Crippen molar-refractivity contribution in [3.63, 3.8) is 0 Å². The number of hydrogen-bond donors (Lipinski definition) is 3. The number of nitrogen functional groups attached to an aromatic ring is 1. The largest absolute Gasteiger partial charge is 0.507 e. The van der Waals surface area contributed by atoms with Crippen LogP contribution in [0, 0.1) is 0 Å². The molecule has 0 aliphatic carbocycles. The van der Waals surface area contributed by atoms with E-state index in [1.165, 1.54) is 10.7 Å². The van der Waals surface area contributed by atoms with E-state index in [2.05, 4.69) is 26.3 Å². The first-order valence-electron chi connectivity index (χ1n) is 5.52. The molecular formula is C12H13BrN4O2. The fraction of sp³-hybridized carbons (Fsp3) is 0.167. The predicted octanol–water partition coefficient (Wildman–Crippen LogP) is 1.40. The summed E-state index contributed by atoms with van der Waals surface area (Å²) >= 11 is 3.25. The Balaban J connectivity index is 2.09. The van der Waals surface area contributed by atoms with Crippen molar-refractivity contribution in [2.45, 2.75) is 6.54 Å². The van der Waals surface area contributed by atoms with Gasteiger partial charge in [-0.2, -0.15) is 5.10 Å². The Hall–Kier alpha value is -2.02. The van der Waals surface area contributed by atoms with E-state index in [9.17, 15) is 9.90 Å². The van der Waals surface area contributed by atoms with Gasteiger partial charge in [0.1, 0.15) is 11.6 Å². The van der Waals surface area contributed by atoms with Gasteiger partial charge >= 0.3 is 0 Å². The van der Waals surface area contributed by atoms with Crippen molar-refractivity contribution in [3.8, 4) is 5.75 Å². The fourth-order valence-corrected chi connectivity index (χ4v) is 1.95. The quantitative estimate of drug-likeness (QED) is 0.795. The Kier molecular flexibility index (Phi) is 3.75. The molecule has 1 heterocycles. The molecule has 1 aromatic carbocycles. The number of benzene rings is 1. The van der Waals surface area contributed by atoms with Gasteiger partial charge in [0.05, 0.1) is 11.8 Å². The number of aryl methyl sites for hydroxylation is 1. The average molecular weight is 325 g/mol. The molecule has 0 saturated heterocycles. The highest BCUT2D eigenvalue weighted by atomic mass is 79.9. The topological polar surface area (TPSA) is 93.2 Å². The lowest BCUT2D eigenvalue weighted by molar-refractivity contribution is 0.0948. The average Bonchev–Trinajstić information content (AvgIpc) is 2.70. The summed E-state index contributed by atoms with van der Waals surface area (Å²) in [4.78, 5) is 11.9. The summed E-state index contributed by atoms with van der Waals surface area (Å²) < 4.78 is 2.24. The molecule has 0 aliphatic heterocycles. The molecule has 0 fully saturated rings. The maximum Gasteiger partial charge on any atom is 0.255 e. The van der Waals surface area contributed by atoms with Crippen molar-refractivity contribution in [1.82, 2.24) is 15.1 Å². The van der Waals surface area contributed by atoms with Gasteiger partial charge in [-0.05, 0) is 18.2 Å². The molecule has 2 aromatic rings. The van der Waals surface area contributed by atoms with Gasteiger partial charge in [-0.25, -0.2) is 0 Å². The van der Waals surface area contributed by atoms with Crippen molar-refractivity contribution >= 4 is 27.7 Å². The third-order valence-electron chi connectivity index (χ3n) is 2.71. The zero-order valence-corrected chi connectivity index (χ0v) is 11.8. The van der Waals surface area contributed by atoms with Crippen LogP contribution in [0.2, 0.25) is 0 Å². The third-order valence-corrected chi connectivity index (χ3v) is 3.20. The Morgan fingerprint density at radius 3 is 2.95 bits per heavy atom. The monoisotopic (exact) mass is 324 g/mol. The fourth-order valence-electron chi connectivity index (χ4n) is 1.59. The van der Waals surface area contributed by atoms with E-state index < -0.39 is 0 Å². The molecule has 19 heavy (non-hydrogen) atoms. The van der Waals surface area contributed by atoms with Crippen molar-refractivity contribution in [3.05, 3.63) is 40.0 Å². The van der Waals surface area contributed by atoms with Crippen LogP contribution in [-0.4, -0.2) is 20.8 Å². The first kappa shape index (κ1) is 13.4. The lowest BCUT2D eigenvalue weighted by atomic mass is 10.2. The van der Waals surface area contributed by atoms with Crippen LogP contribution in [0.5, 0.6) is 5.75 Å². The zero-order chi connectivity index (χ0) is 14.0. The molecule has 0 atom stereocenters. The van der Waals surface area contributed by atoms with Gasteiger partial charge < -0.3 is 16.2 Å². The van der Waals surface area contributed by atoms with E-state index in [-0.39, 0.29) is 23.8 Å². The molecule has 4 N–H and O–H groups in total. The number of nitrogens with two attached hydrogens (primary N) is 1. The maximum atomic E-state index is 11.9. The number of rotatable bonds is 3. The van der Waals surface area contributed by atoms with Crippen LogP contribution < -0.4 is 11.1 Å². The summed E-state index contributed by atoms with van der Waals surface area (Å²) in [5.74, 6) is 0.0562. The van der Waals surface area contributed by atoms with Gasteiger partial charge in [0.25, 0.3) is 5.91 Å². The van der Waals surface area contributed by atoms with E-state index in [0.29, 0.717) is 5.82 Å². The van der Waals surface area contributed by atoms with Gasteiger partial charge in [-0.1, -0.05) is 15.9 Å². The van der Waals surface area contributed by atoms with Crippen molar-refractivity contribution in [2.24, 2.45) is 7.05 Å². The van der Waals surface area contributed by atoms with Crippen LogP contribution in [0.3, 0.4) is 0 Å². The van der Waals surface area contributed by atoms with Crippen molar-refractivity contribution in [2.75, 3.05) is 5.73 Å². The molecule has 0 unspecified atom stereocenters. The number of aromatic nitrogens is 2. The second-order valence-corrected chi connectivity index (χ2v) is 4.94. The number of phenolic OH excluding ortho intramolecular Hbond substituents is 1. The van der Waals surface area contributed by atoms with E-state index in [1.54, 1.807) is 25.4 Å². The SMILES string of the molecule is Cn1ncc(CNC(=O)c2cc(Br)ccc2O)c1N. The molecule has 0 aliphatic rings. The molecule has 100 valence electrons. The number of halogens is 1. The Bertz CT molecular complexity index is 624. The van der Waals surface area contributed by atoms with Gasteiger partial charge in [-0.15, -0.1) is 0 Å². The van der Waals surface area contributed by atoms with Gasteiger partial charge in [0.2, 0.25) is 0 Å². The van der Waals surface area contributed by atoms with Crippen LogP contribution in [0.1, 0.15) is 15.9 Å². The molecule has 0 radical (unpaired) electrons. The summed E-state index contributed by atoms with van der Waals surface area (Å²) in [6.07, 6.45) is 1.59. The van der Waals surface area contributed by atoms with E-state index >= 15 is 0 Å². The number of carbonyl (C=O) groups is 1. The minimum atomic E-state index is -0.373. The van der Waals surface area contributed by atoms with Crippen LogP contribution in [0.4, 0.5) is 5.82 Å². The standard InChI is InChI=1S/C12H13BrN4O2/c1-17-11(14)7(6-16-17)5-15-12(19)9-4-8(13)2-3-10(9)18/h2-4,6,18H,5,14H2,1H3,(H,15,19). The number of carbonyl (C=O) groups excluding carboxylic acids is 1. The number of phenols is 1. The van der Waals surface area contributed by atoms with Crippen molar-refractivity contribution in [1.29, 1.82) is 0 Å². The molecule has 2 rings (SSSR count). The van der Waals surface area contributed by atoms with Gasteiger partial charge in [-0.3, -0.25) is 9.48 Å². The number of nitrogens with one attached hydrogen (secondary N) is 1. The van der Waals surface area contributed by atoms with Crippen LogP contribution >= 0.6 is 15.9 Å². The zero-order valence-electron chi connectivity index (χ0n) is 10.2. The molecule has 0 bridgehead atoms. The van der Waals surface area contributed by atoms with Crippen LogP contribution in [0.25, 0.3) is 0 Å². The smallest absolute Gasteiger partial charge is 0.255 e. The summed E-state index contributed by atoms with van der Waals surface area (Å²) in [5.41, 5.74) is 6.71. The molecule has 7 heteroatoms. The van der Waals surface area contributed by atoms with Gasteiger partial charge in [0, 0.05) is 23.6 Å². The summed E-state index contributed by atoms with van der Waals surface area (Å²) in [5, 5.41) is 16.3. The second kappa shape index (κ2) is 5.31. The second-order valence-electron chi connectivity index (χ2n) is 4.02. The summed E-state index contributed by atoms with van der Waals surface area (Å²) in [6.45, 7) is 0.254. The normalized spacial score (nSPS) is 10.4. The number of anilines is 1. The molecule has 0 saturated carbocycles. The first-order chi connectivity index (χ1) is 8.99. The molecule has 6 nitrogen and oxygen atoms in total. The highest BCUT2D eigenvalue weighted by Gasteiger charge is 2.12. The highest BCUT2D eigenvalue weighted by molar-refractivity contribution is 9.10. The minimum Gasteiger partial charge on any atom is -0.507 e. The number of amides is 1. The predicted molar refractivity (Wildman–Crippen MR) is 74.6 cm³/mol. The Morgan fingerprint density at radius 1 is 1.58 bits per heavy atom. The number of hydrogen-bond acceptors (Lipinski definition) is 4. The maximum absolute atomic E-state index is 11.9. The first-order valence-corrected chi connectivity index (χ1v) is 6.31. The molecule has 1 amide bonds. The Labute approximate surface area is 118 Å². The van der Waals surface area contributed by atoms with Crippen molar-refractivity contribution < 1.29 is 9.90 Å².